The third kappa shape index (κ3) is 3.60. The lowest BCUT2D eigenvalue weighted by molar-refractivity contribution is 0.587. The van der Waals surface area contributed by atoms with Gasteiger partial charge in [0.2, 0.25) is 0 Å². The minimum absolute atomic E-state index is 0.0168. The summed E-state index contributed by atoms with van der Waals surface area (Å²) in [4.78, 5) is 0.223. The maximum absolute atomic E-state index is 12.4. The van der Waals surface area contributed by atoms with Crippen LogP contribution in [0.4, 0.5) is 11.4 Å². The van der Waals surface area contributed by atoms with Crippen molar-refractivity contribution in [1.82, 2.24) is 0 Å². The van der Waals surface area contributed by atoms with Gasteiger partial charge in [0.1, 0.15) is 0 Å². The number of nitrogens with one attached hydrogen (secondary N) is 1. The Morgan fingerprint density at radius 2 is 1.59 bits per heavy atom. The standard InChI is InChI=1S/C17H22N2O2S/c1-12-5-10-16(15(18)11-12)19-22(20,21)14-8-6-13(7-9-14)17(2,3)4/h5-11,19H,18H2,1-4H3. The molecule has 0 aliphatic heterocycles. The van der Waals surface area contributed by atoms with Gasteiger partial charge < -0.3 is 5.73 Å². The molecule has 118 valence electrons. The van der Waals surface area contributed by atoms with E-state index in [1.54, 1.807) is 24.3 Å². The molecule has 0 aliphatic carbocycles. The fraction of sp³-hybridized carbons (Fsp3) is 0.294. The van der Waals surface area contributed by atoms with Crippen LogP contribution in [0.2, 0.25) is 0 Å². The zero-order valence-electron chi connectivity index (χ0n) is 13.3. The number of nitrogen functional groups attached to an aromatic ring is 1. The molecule has 2 aromatic carbocycles. The van der Waals surface area contributed by atoms with E-state index in [1.165, 1.54) is 0 Å². The molecule has 0 heterocycles. The number of benzene rings is 2. The molecule has 5 heteroatoms. The smallest absolute Gasteiger partial charge is 0.261 e. The average Bonchev–Trinajstić information content (AvgIpc) is 2.41. The lowest BCUT2D eigenvalue weighted by atomic mass is 9.87. The van der Waals surface area contributed by atoms with Gasteiger partial charge >= 0.3 is 0 Å². The highest BCUT2D eigenvalue weighted by Gasteiger charge is 2.18. The highest BCUT2D eigenvalue weighted by atomic mass is 32.2. The maximum Gasteiger partial charge on any atom is 0.261 e. The largest absolute Gasteiger partial charge is 0.397 e. The molecule has 0 radical (unpaired) electrons. The van der Waals surface area contributed by atoms with E-state index < -0.39 is 10.0 Å². The lowest BCUT2D eigenvalue weighted by Gasteiger charge is -2.19. The summed E-state index contributed by atoms with van der Waals surface area (Å²) in [6.45, 7) is 8.16. The number of hydrogen-bond acceptors (Lipinski definition) is 3. The Kier molecular flexibility index (Phi) is 4.20. The Morgan fingerprint density at radius 3 is 2.09 bits per heavy atom. The fourth-order valence-electron chi connectivity index (χ4n) is 2.11. The summed E-state index contributed by atoms with van der Waals surface area (Å²) in [6.07, 6.45) is 0. The van der Waals surface area contributed by atoms with Crippen LogP contribution in [0.1, 0.15) is 31.9 Å². The Hall–Kier alpha value is -2.01. The molecule has 0 saturated carbocycles. The Labute approximate surface area is 132 Å². The van der Waals surface area contributed by atoms with Crippen LogP contribution in [-0.4, -0.2) is 8.42 Å². The SMILES string of the molecule is Cc1ccc(NS(=O)(=O)c2ccc(C(C)(C)C)cc2)c(N)c1. The summed E-state index contributed by atoms with van der Waals surface area (Å²) in [5, 5.41) is 0. The van der Waals surface area contributed by atoms with E-state index in [-0.39, 0.29) is 10.3 Å². The Morgan fingerprint density at radius 1 is 1.00 bits per heavy atom. The summed E-state index contributed by atoms with van der Waals surface area (Å²) in [5.41, 5.74) is 8.72. The summed E-state index contributed by atoms with van der Waals surface area (Å²) in [6, 6.07) is 12.1. The van der Waals surface area contributed by atoms with Crippen molar-refractivity contribution in [2.75, 3.05) is 10.5 Å². The number of rotatable bonds is 3. The molecule has 0 fully saturated rings. The van der Waals surface area contributed by atoms with Crippen molar-refractivity contribution in [3.8, 4) is 0 Å². The molecule has 0 atom stereocenters. The van der Waals surface area contributed by atoms with Crippen molar-refractivity contribution in [1.29, 1.82) is 0 Å². The molecule has 0 bridgehead atoms. The molecular formula is C17H22N2O2S. The van der Waals surface area contributed by atoms with Crippen LogP contribution in [0.3, 0.4) is 0 Å². The number of sulfonamides is 1. The van der Waals surface area contributed by atoms with Gasteiger partial charge in [-0.25, -0.2) is 8.42 Å². The van der Waals surface area contributed by atoms with Crippen LogP contribution in [0.5, 0.6) is 0 Å². The minimum atomic E-state index is -3.64. The minimum Gasteiger partial charge on any atom is -0.397 e. The summed E-state index contributed by atoms with van der Waals surface area (Å²) in [7, 11) is -3.64. The molecule has 0 aliphatic rings. The van der Waals surface area contributed by atoms with Gasteiger partial charge in [0.05, 0.1) is 16.3 Å². The molecule has 4 nitrogen and oxygen atoms in total. The summed E-state index contributed by atoms with van der Waals surface area (Å²) in [5.74, 6) is 0. The van der Waals surface area contributed by atoms with Crippen molar-refractivity contribution in [3.05, 3.63) is 53.6 Å². The first kappa shape index (κ1) is 16.4. The van der Waals surface area contributed by atoms with E-state index in [0.29, 0.717) is 11.4 Å². The molecule has 2 aromatic rings. The lowest BCUT2D eigenvalue weighted by Crippen LogP contribution is -2.15. The van der Waals surface area contributed by atoms with Crippen LogP contribution >= 0.6 is 0 Å². The highest BCUT2D eigenvalue weighted by Crippen LogP contribution is 2.26. The first-order valence-electron chi connectivity index (χ1n) is 7.09. The van der Waals surface area contributed by atoms with E-state index >= 15 is 0 Å². The van der Waals surface area contributed by atoms with Gasteiger partial charge in [0.15, 0.2) is 0 Å². The number of aryl methyl sites for hydroxylation is 1. The molecule has 0 unspecified atom stereocenters. The molecule has 0 amide bonds. The molecule has 2 rings (SSSR count). The van der Waals surface area contributed by atoms with E-state index in [2.05, 4.69) is 25.5 Å². The highest BCUT2D eigenvalue weighted by molar-refractivity contribution is 7.92. The Balaban J connectivity index is 2.31. The third-order valence-corrected chi connectivity index (χ3v) is 4.86. The molecular weight excluding hydrogens is 296 g/mol. The average molecular weight is 318 g/mol. The summed E-state index contributed by atoms with van der Waals surface area (Å²) >= 11 is 0. The van der Waals surface area contributed by atoms with Gasteiger partial charge in [-0.1, -0.05) is 39.0 Å². The molecule has 0 aromatic heterocycles. The number of anilines is 2. The van der Waals surface area contributed by atoms with Gasteiger partial charge in [-0.2, -0.15) is 0 Å². The van der Waals surface area contributed by atoms with Crippen molar-refractivity contribution < 1.29 is 8.42 Å². The normalized spacial score (nSPS) is 12.2. The van der Waals surface area contributed by atoms with E-state index in [0.717, 1.165) is 11.1 Å². The van der Waals surface area contributed by atoms with Gasteiger partial charge in [-0.05, 0) is 47.7 Å². The summed E-state index contributed by atoms with van der Waals surface area (Å²) < 4.78 is 27.4. The zero-order valence-corrected chi connectivity index (χ0v) is 14.2. The van der Waals surface area contributed by atoms with Crippen LogP contribution < -0.4 is 10.5 Å². The van der Waals surface area contributed by atoms with E-state index in [9.17, 15) is 8.42 Å². The zero-order chi connectivity index (χ0) is 16.5. The molecule has 0 spiro atoms. The van der Waals surface area contributed by atoms with Gasteiger partial charge in [-0.15, -0.1) is 0 Å². The quantitative estimate of drug-likeness (QED) is 0.848. The van der Waals surface area contributed by atoms with Crippen LogP contribution in [0.25, 0.3) is 0 Å². The van der Waals surface area contributed by atoms with Gasteiger partial charge in [-0.3, -0.25) is 4.72 Å². The van der Waals surface area contributed by atoms with Crippen LogP contribution in [0, 0.1) is 6.92 Å². The predicted molar refractivity (Wildman–Crippen MR) is 91.5 cm³/mol. The third-order valence-electron chi connectivity index (χ3n) is 3.48. The van der Waals surface area contributed by atoms with Crippen LogP contribution in [0.15, 0.2) is 47.4 Å². The van der Waals surface area contributed by atoms with Crippen molar-refractivity contribution in [3.63, 3.8) is 0 Å². The fourth-order valence-corrected chi connectivity index (χ4v) is 3.20. The maximum atomic E-state index is 12.4. The second-order valence-corrected chi connectivity index (χ2v) is 8.15. The topological polar surface area (TPSA) is 72.2 Å². The second kappa shape index (κ2) is 5.65. The molecule has 3 N–H and O–H groups in total. The predicted octanol–water partition coefficient (Wildman–Crippen LogP) is 3.68. The van der Waals surface area contributed by atoms with Crippen molar-refractivity contribution in [2.45, 2.75) is 38.0 Å². The number of hydrogen-bond donors (Lipinski definition) is 2. The second-order valence-electron chi connectivity index (χ2n) is 6.47. The van der Waals surface area contributed by atoms with Crippen LogP contribution in [-0.2, 0) is 15.4 Å². The van der Waals surface area contributed by atoms with Crippen molar-refractivity contribution >= 4 is 21.4 Å². The van der Waals surface area contributed by atoms with Gasteiger partial charge in [0.25, 0.3) is 10.0 Å². The Bertz CT molecular complexity index is 773. The van der Waals surface area contributed by atoms with Gasteiger partial charge in [0, 0.05) is 0 Å². The monoisotopic (exact) mass is 318 g/mol. The van der Waals surface area contributed by atoms with E-state index in [4.69, 9.17) is 5.73 Å². The first-order chi connectivity index (χ1) is 10.1. The molecule has 0 saturated heterocycles. The molecule has 22 heavy (non-hydrogen) atoms. The first-order valence-corrected chi connectivity index (χ1v) is 8.57. The van der Waals surface area contributed by atoms with E-state index in [1.807, 2.05) is 25.1 Å². The van der Waals surface area contributed by atoms with Crippen molar-refractivity contribution in [2.24, 2.45) is 0 Å². The number of nitrogens with two attached hydrogens (primary N) is 1.